The maximum Gasteiger partial charge on any atom is 0.336 e. The maximum atomic E-state index is 12.0. The summed E-state index contributed by atoms with van der Waals surface area (Å²) in [5.41, 5.74) is 1.06. The van der Waals surface area contributed by atoms with Crippen molar-refractivity contribution in [3.8, 4) is 5.75 Å². The summed E-state index contributed by atoms with van der Waals surface area (Å²) in [4.78, 5) is 16.2. The third-order valence-electron chi connectivity index (χ3n) is 3.12. The van der Waals surface area contributed by atoms with Gasteiger partial charge in [-0.3, -0.25) is 4.99 Å². The van der Waals surface area contributed by atoms with E-state index in [9.17, 15) is 4.79 Å². The third kappa shape index (κ3) is 2.97. The predicted octanol–water partition coefficient (Wildman–Crippen LogP) is 3.34. The summed E-state index contributed by atoms with van der Waals surface area (Å²) in [6.07, 6.45) is 4.59. The molecule has 96 valence electrons. The van der Waals surface area contributed by atoms with Gasteiger partial charge in [0.1, 0.15) is 11.8 Å². The van der Waals surface area contributed by atoms with Crippen LogP contribution in [0, 0.1) is 0 Å². The highest BCUT2D eigenvalue weighted by Gasteiger charge is 2.22. The Labute approximate surface area is 108 Å². The van der Waals surface area contributed by atoms with Crippen molar-refractivity contribution in [2.24, 2.45) is 4.99 Å². The highest BCUT2D eigenvalue weighted by Crippen LogP contribution is 2.26. The summed E-state index contributed by atoms with van der Waals surface area (Å²) in [7, 11) is 0. The second-order valence-electron chi connectivity index (χ2n) is 4.89. The van der Waals surface area contributed by atoms with E-state index < -0.39 is 0 Å². The molecule has 1 aliphatic heterocycles. The minimum absolute atomic E-state index is 0.237. The van der Waals surface area contributed by atoms with Gasteiger partial charge in [-0.15, -0.1) is 0 Å². The Morgan fingerprint density at radius 1 is 1.39 bits per heavy atom. The van der Waals surface area contributed by atoms with E-state index >= 15 is 0 Å². The molecule has 0 aromatic heterocycles. The van der Waals surface area contributed by atoms with Crippen LogP contribution < -0.4 is 4.74 Å². The Hall–Kier alpha value is -1.64. The third-order valence-corrected chi connectivity index (χ3v) is 3.12. The number of benzene rings is 1. The molecule has 0 saturated heterocycles. The van der Waals surface area contributed by atoms with Crippen molar-refractivity contribution in [2.75, 3.05) is 0 Å². The molecule has 1 aromatic rings. The molecule has 0 radical (unpaired) electrons. The van der Waals surface area contributed by atoms with Crippen LogP contribution in [0.1, 0.15) is 44.6 Å². The van der Waals surface area contributed by atoms with Crippen LogP contribution in [0.2, 0.25) is 0 Å². The van der Waals surface area contributed by atoms with Crippen LogP contribution >= 0.6 is 0 Å². The quantitative estimate of drug-likeness (QED) is 0.605. The molecule has 1 atom stereocenters. The van der Waals surface area contributed by atoms with Crippen LogP contribution in [-0.4, -0.2) is 18.2 Å². The molecule has 1 aliphatic rings. The number of carbonyl (C=O) groups excluding carboxylic acids is 1. The Bertz CT molecular complexity index is 452. The van der Waals surface area contributed by atoms with Gasteiger partial charge >= 0.3 is 5.97 Å². The van der Waals surface area contributed by atoms with E-state index in [1.807, 2.05) is 30.5 Å². The van der Waals surface area contributed by atoms with E-state index in [-0.39, 0.29) is 12.0 Å². The SMILES string of the molecule is CC(C)c1ccccc1OC(=O)C1CCCC=N1. The molecule has 2 rings (SSSR count). The molecule has 0 aliphatic carbocycles. The topological polar surface area (TPSA) is 38.7 Å². The molecule has 1 unspecified atom stereocenters. The number of hydrogen-bond donors (Lipinski definition) is 0. The lowest BCUT2D eigenvalue weighted by atomic mass is 10.0. The van der Waals surface area contributed by atoms with Crippen LogP contribution in [-0.2, 0) is 4.79 Å². The predicted molar refractivity (Wildman–Crippen MR) is 72.3 cm³/mol. The summed E-state index contributed by atoms with van der Waals surface area (Å²) in [6, 6.07) is 7.38. The van der Waals surface area contributed by atoms with Crippen LogP contribution in [0.5, 0.6) is 5.75 Å². The lowest BCUT2D eigenvalue weighted by Gasteiger charge is -2.17. The van der Waals surface area contributed by atoms with Gasteiger partial charge in [-0.2, -0.15) is 0 Å². The number of aliphatic imine (C=N–C) groups is 1. The van der Waals surface area contributed by atoms with Gasteiger partial charge in [-0.1, -0.05) is 32.0 Å². The fraction of sp³-hybridized carbons (Fsp3) is 0.467. The molecular formula is C15H19NO2. The summed E-state index contributed by atoms with van der Waals surface area (Å²) in [5, 5.41) is 0. The molecule has 0 bridgehead atoms. The smallest absolute Gasteiger partial charge is 0.336 e. The van der Waals surface area contributed by atoms with Crippen molar-refractivity contribution in [3.63, 3.8) is 0 Å². The van der Waals surface area contributed by atoms with Crippen molar-refractivity contribution in [1.82, 2.24) is 0 Å². The fourth-order valence-corrected chi connectivity index (χ4v) is 2.08. The first kappa shape index (κ1) is 12.8. The van der Waals surface area contributed by atoms with Crippen LogP contribution in [0.4, 0.5) is 0 Å². The van der Waals surface area contributed by atoms with E-state index in [0.29, 0.717) is 11.7 Å². The molecule has 0 fully saturated rings. The first-order valence-corrected chi connectivity index (χ1v) is 6.50. The zero-order valence-corrected chi connectivity index (χ0v) is 10.9. The van der Waals surface area contributed by atoms with Crippen molar-refractivity contribution in [3.05, 3.63) is 29.8 Å². The van der Waals surface area contributed by atoms with Gasteiger partial charge in [-0.25, -0.2) is 4.79 Å². The number of carbonyl (C=O) groups is 1. The normalized spacial score (nSPS) is 18.9. The first-order valence-electron chi connectivity index (χ1n) is 6.50. The van der Waals surface area contributed by atoms with Crippen LogP contribution in [0.3, 0.4) is 0 Å². The van der Waals surface area contributed by atoms with Crippen LogP contribution in [0.15, 0.2) is 29.3 Å². The van der Waals surface area contributed by atoms with E-state index in [1.165, 1.54) is 0 Å². The average Bonchev–Trinajstić information content (AvgIpc) is 2.40. The molecule has 1 heterocycles. The summed E-state index contributed by atoms with van der Waals surface area (Å²) >= 11 is 0. The summed E-state index contributed by atoms with van der Waals surface area (Å²) < 4.78 is 5.49. The Kier molecular flexibility index (Phi) is 4.13. The summed E-state index contributed by atoms with van der Waals surface area (Å²) in [5.74, 6) is 0.765. The van der Waals surface area contributed by atoms with Gasteiger partial charge in [-0.05, 0) is 43.0 Å². The zero-order chi connectivity index (χ0) is 13.0. The van der Waals surface area contributed by atoms with Gasteiger partial charge in [0.05, 0.1) is 0 Å². The average molecular weight is 245 g/mol. The van der Waals surface area contributed by atoms with Crippen molar-refractivity contribution in [2.45, 2.75) is 45.1 Å². The minimum Gasteiger partial charge on any atom is -0.425 e. The van der Waals surface area contributed by atoms with Gasteiger partial charge in [0.15, 0.2) is 0 Å². The Morgan fingerprint density at radius 2 is 2.17 bits per heavy atom. The second kappa shape index (κ2) is 5.80. The molecule has 18 heavy (non-hydrogen) atoms. The molecule has 0 saturated carbocycles. The summed E-state index contributed by atoms with van der Waals surface area (Å²) in [6.45, 7) is 4.18. The zero-order valence-electron chi connectivity index (χ0n) is 10.9. The molecular weight excluding hydrogens is 226 g/mol. The van der Waals surface area contributed by atoms with Gasteiger partial charge in [0.2, 0.25) is 0 Å². The highest BCUT2D eigenvalue weighted by atomic mass is 16.5. The highest BCUT2D eigenvalue weighted by molar-refractivity contribution is 5.81. The maximum absolute atomic E-state index is 12.0. The molecule has 0 amide bonds. The van der Waals surface area contributed by atoms with Gasteiger partial charge < -0.3 is 4.74 Å². The number of hydrogen-bond acceptors (Lipinski definition) is 3. The number of ether oxygens (including phenoxy) is 1. The van der Waals surface area contributed by atoms with E-state index in [4.69, 9.17) is 4.74 Å². The first-order chi connectivity index (χ1) is 8.68. The number of esters is 1. The van der Waals surface area contributed by atoms with E-state index in [0.717, 1.165) is 24.8 Å². The van der Waals surface area contributed by atoms with Gasteiger partial charge in [0.25, 0.3) is 0 Å². The molecule has 3 nitrogen and oxygen atoms in total. The molecule has 0 N–H and O–H groups in total. The second-order valence-corrected chi connectivity index (χ2v) is 4.89. The van der Waals surface area contributed by atoms with Gasteiger partial charge in [0, 0.05) is 0 Å². The number of nitrogens with zero attached hydrogens (tertiary/aromatic N) is 1. The Balaban J connectivity index is 2.11. The monoisotopic (exact) mass is 245 g/mol. The Morgan fingerprint density at radius 3 is 2.83 bits per heavy atom. The fourth-order valence-electron chi connectivity index (χ4n) is 2.08. The van der Waals surface area contributed by atoms with Crippen molar-refractivity contribution in [1.29, 1.82) is 0 Å². The lowest BCUT2D eigenvalue weighted by molar-refractivity contribution is -0.136. The molecule has 3 heteroatoms. The minimum atomic E-state index is -0.320. The van der Waals surface area contributed by atoms with Crippen molar-refractivity contribution >= 4 is 12.2 Å². The largest absolute Gasteiger partial charge is 0.425 e. The molecule has 0 spiro atoms. The lowest BCUT2D eigenvalue weighted by Crippen LogP contribution is -2.26. The van der Waals surface area contributed by atoms with Crippen LogP contribution in [0.25, 0.3) is 0 Å². The molecule has 1 aromatic carbocycles. The standard InChI is InChI=1S/C15H19NO2/c1-11(2)12-7-3-4-9-14(12)18-15(17)13-8-5-6-10-16-13/h3-4,7,9-11,13H,5-6,8H2,1-2H3. The van der Waals surface area contributed by atoms with E-state index in [1.54, 1.807) is 0 Å². The van der Waals surface area contributed by atoms with E-state index in [2.05, 4.69) is 18.8 Å². The van der Waals surface area contributed by atoms with Crippen molar-refractivity contribution < 1.29 is 9.53 Å². The number of para-hydroxylation sites is 1. The number of rotatable bonds is 3.